The summed E-state index contributed by atoms with van der Waals surface area (Å²) in [7, 11) is 1.83. The maximum Gasteiger partial charge on any atom is 0.236 e. The van der Waals surface area contributed by atoms with Crippen LogP contribution in [0.2, 0.25) is 0 Å². The van der Waals surface area contributed by atoms with Crippen LogP contribution in [0.3, 0.4) is 0 Å². The molecule has 9 heteroatoms. The van der Waals surface area contributed by atoms with Crippen molar-refractivity contribution in [1.82, 2.24) is 24.8 Å². The predicted octanol–water partition coefficient (Wildman–Crippen LogP) is 0.700. The molecule has 2 saturated heterocycles. The molecule has 0 aromatic carbocycles. The predicted molar refractivity (Wildman–Crippen MR) is 91.2 cm³/mol. The van der Waals surface area contributed by atoms with Crippen molar-refractivity contribution in [2.75, 3.05) is 24.5 Å². The second-order valence-corrected chi connectivity index (χ2v) is 7.19. The molecule has 9 nitrogen and oxygen atoms in total. The van der Waals surface area contributed by atoms with Crippen LogP contribution in [0.5, 0.6) is 0 Å². The minimum Gasteiger partial charge on any atom is -0.341 e. The third-order valence-electron chi connectivity index (χ3n) is 5.32. The number of amides is 2. The standard InChI is InChI=1S/C17H22N6O3/c1-12-19-14(26-20-12)8-15(24)22-6-3-4-17(11-22)5-7-23(16(17)25)13-9-18-21(2)10-13/h9-10H,3-8,11H2,1-2H3. The van der Waals surface area contributed by atoms with Crippen molar-refractivity contribution in [2.24, 2.45) is 12.5 Å². The number of hydrogen-bond acceptors (Lipinski definition) is 6. The minimum atomic E-state index is -0.492. The van der Waals surface area contributed by atoms with E-state index in [2.05, 4.69) is 15.2 Å². The molecular formula is C17H22N6O3. The Kier molecular flexibility index (Phi) is 4.01. The first kappa shape index (κ1) is 16.7. The zero-order valence-electron chi connectivity index (χ0n) is 15.0. The summed E-state index contributed by atoms with van der Waals surface area (Å²) in [5, 5.41) is 7.87. The average Bonchev–Trinajstić information content (AvgIpc) is 3.30. The van der Waals surface area contributed by atoms with Crippen molar-refractivity contribution in [3.05, 3.63) is 24.1 Å². The molecule has 0 saturated carbocycles. The van der Waals surface area contributed by atoms with Crippen LogP contribution in [0.1, 0.15) is 31.0 Å². The van der Waals surface area contributed by atoms with Gasteiger partial charge >= 0.3 is 0 Å². The molecule has 2 aromatic heterocycles. The van der Waals surface area contributed by atoms with Crippen molar-refractivity contribution < 1.29 is 14.1 Å². The quantitative estimate of drug-likeness (QED) is 0.801. The lowest BCUT2D eigenvalue weighted by atomic mass is 9.78. The van der Waals surface area contributed by atoms with E-state index >= 15 is 0 Å². The van der Waals surface area contributed by atoms with Crippen molar-refractivity contribution in [3.63, 3.8) is 0 Å². The van der Waals surface area contributed by atoms with Crippen LogP contribution < -0.4 is 4.90 Å². The molecule has 0 N–H and O–H groups in total. The van der Waals surface area contributed by atoms with Gasteiger partial charge in [0.1, 0.15) is 6.42 Å². The number of nitrogens with zero attached hydrogens (tertiary/aromatic N) is 6. The summed E-state index contributed by atoms with van der Waals surface area (Å²) in [6, 6.07) is 0. The van der Waals surface area contributed by atoms with E-state index < -0.39 is 5.41 Å². The molecule has 0 aliphatic carbocycles. The molecule has 1 unspecified atom stereocenters. The highest BCUT2D eigenvalue weighted by molar-refractivity contribution is 6.00. The summed E-state index contributed by atoms with van der Waals surface area (Å²) in [6.45, 7) is 3.50. The van der Waals surface area contributed by atoms with Crippen LogP contribution in [-0.4, -0.2) is 56.3 Å². The number of hydrogen-bond donors (Lipinski definition) is 0. The van der Waals surface area contributed by atoms with E-state index in [4.69, 9.17) is 4.52 Å². The van der Waals surface area contributed by atoms with E-state index in [1.54, 1.807) is 27.6 Å². The molecule has 0 bridgehead atoms. The average molecular weight is 358 g/mol. The Morgan fingerprint density at radius 1 is 1.35 bits per heavy atom. The zero-order chi connectivity index (χ0) is 18.3. The lowest BCUT2D eigenvalue weighted by Gasteiger charge is -2.38. The van der Waals surface area contributed by atoms with Gasteiger partial charge in [-0.25, -0.2) is 0 Å². The van der Waals surface area contributed by atoms with E-state index in [0.717, 1.165) is 24.9 Å². The largest absolute Gasteiger partial charge is 0.341 e. The molecule has 4 heterocycles. The number of piperidine rings is 1. The molecule has 2 aromatic rings. The van der Waals surface area contributed by atoms with Crippen molar-refractivity contribution >= 4 is 17.5 Å². The molecule has 2 fully saturated rings. The summed E-state index contributed by atoms with van der Waals surface area (Å²) in [5.74, 6) is 0.861. The van der Waals surface area contributed by atoms with Crippen molar-refractivity contribution in [1.29, 1.82) is 0 Å². The van der Waals surface area contributed by atoms with Crippen molar-refractivity contribution in [2.45, 2.75) is 32.6 Å². The van der Waals surface area contributed by atoms with Gasteiger partial charge in [-0.2, -0.15) is 10.1 Å². The van der Waals surface area contributed by atoms with Gasteiger partial charge in [0.2, 0.25) is 17.7 Å². The molecular weight excluding hydrogens is 336 g/mol. The minimum absolute atomic E-state index is 0.0691. The Balaban J connectivity index is 1.47. The van der Waals surface area contributed by atoms with Gasteiger partial charge in [-0.05, 0) is 26.2 Å². The van der Waals surface area contributed by atoms with E-state index in [9.17, 15) is 9.59 Å². The van der Waals surface area contributed by atoms with Crippen LogP contribution in [-0.2, 0) is 23.1 Å². The second-order valence-electron chi connectivity index (χ2n) is 7.19. The SMILES string of the molecule is Cc1noc(CC(=O)N2CCCC3(CCN(c4cnn(C)c4)C3=O)C2)n1. The highest BCUT2D eigenvalue weighted by Gasteiger charge is 2.50. The van der Waals surface area contributed by atoms with Gasteiger partial charge in [-0.15, -0.1) is 0 Å². The Morgan fingerprint density at radius 2 is 2.19 bits per heavy atom. The van der Waals surface area contributed by atoms with Crippen LogP contribution in [0, 0.1) is 12.3 Å². The molecule has 2 aliphatic rings. The van der Waals surface area contributed by atoms with Crippen LogP contribution in [0.4, 0.5) is 5.69 Å². The monoisotopic (exact) mass is 358 g/mol. The Labute approximate surface area is 150 Å². The van der Waals surface area contributed by atoms with Gasteiger partial charge in [0.25, 0.3) is 0 Å². The zero-order valence-corrected chi connectivity index (χ0v) is 15.0. The van der Waals surface area contributed by atoms with Gasteiger partial charge < -0.3 is 14.3 Å². The molecule has 2 amide bonds. The number of likely N-dealkylation sites (tertiary alicyclic amines) is 1. The van der Waals surface area contributed by atoms with Gasteiger partial charge in [-0.3, -0.25) is 14.3 Å². The lowest BCUT2D eigenvalue weighted by Crippen LogP contribution is -2.50. The van der Waals surface area contributed by atoms with Crippen LogP contribution >= 0.6 is 0 Å². The van der Waals surface area contributed by atoms with E-state index in [0.29, 0.717) is 31.3 Å². The molecule has 0 radical (unpaired) electrons. The summed E-state index contributed by atoms with van der Waals surface area (Å²) < 4.78 is 6.74. The fourth-order valence-electron chi connectivity index (χ4n) is 3.99. The molecule has 1 atom stereocenters. The Morgan fingerprint density at radius 3 is 2.88 bits per heavy atom. The van der Waals surface area contributed by atoms with Crippen LogP contribution in [0.25, 0.3) is 0 Å². The van der Waals surface area contributed by atoms with Crippen LogP contribution in [0.15, 0.2) is 16.9 Å². The maximum absolute atomic E-state index is 13.1. The van der Waals surface area contributed by atoms with Gasteiger partial charge in [0.15, 0.2) is 5.82 Å². The molecule has 2 aliphatic heterocycles. The molecule has 4 rings (SSSR count). The summed E-state index contributed by atoms with van der Waals surface area (Å²) in [6.07, 6.45) is 6.02. The number of carbonyl (C=O) groups is 2. The Bertz CT molecular complexity index is 843. The molecule has 26 heavy (non-hydrogen) atoms. The molecule has 138 valence electrons. The summed E-state index contributed by atoms with van der Waals surface area (Å²) >= 11 is 0. The van der Waals surface area contributed by atoms with Gasteiger partial charge in [0, 0.05) is 32.9 Å². The highest BCUT2D eigenvalue weighted by Crippen LogP contribution is 2.41. The first-order valence-electron chi connectivity index (χ1n) is 8.84. The number of aryl methyl sites for hydroxylation is 2. The maximum atomic E-state index is 13.1. The third-order valence-corrected chi connectivity index (χ3v) is 5.32. The second kappa shape index (κ2) is 6.22. The van der Waals surface area contributed by atoms with Crippen molar-refractivity contribution in [3.8, 4) is 0 Å². The highest BCUT2D eigenvalue weighted by atomic mass is 16.5. The van der Waals surface area contributed by atoms with E-state index in [1.165, 1.54) is 0 Å². The molecule has 1 spiro atoms. The fourth-order valence-corrected chi connectivity index (χ4v) is 3.99. The number of aromatic nitrogens is 4. The fraction of sp³-hybridized carbons (Fsp3) is 0.588. The number of carbonyl (C=O) groups excluding carboxylic acids is 2. The number of rotatable bonds is 3. The smallest absolute Gasteiger partial charge is 0.236 e. The van der Waals surface area contributed by atoms with E-state index in [1.807, 2.05) is 13.2 Å². The topological polar surface area (TPSA) is 97.4 Å². The lowest BCUT2D eigenvalue weighted by molar-refractivity contribution is -0.138. The van der Waals surface area contributed by atoms with Gasteiger partial charge in [-0.1, -0.05) is 5.16 Å². The third kappa shape index (κ3) is 2.87. The Hall–Kier alpha value is -2.71. The first-order chi connectivity index (χ1) is 12.5. The summed E-state index contributed by atoms with van der Waals surface area (Å²) in [5.41, 5.74) is 0.327. The van der Waals surface area contributed by atoms with Gasteiger partial charge in [0.05, 0.1) is 17.3 Å². The number of anilines is 1. The first-order valence-corrected chi connectivity index (χ1v) is 8.84. The summed E-state index contributed by atoms with van der Waals surface area (Å²) in [4.78, 5) is 33.4. The normalized spacial score (nSPS) is 23.2. The van der Waals surface area contributed by atoms with E-state index in [-0.39, 0.29) is 18.2 Å².